The number of carboxylic acid groups (broad SMARTS) is 1. The molecular weight excluding hydrogens is 304 g/mol. The van der Waals surface area contributed by atoms with E-state index >= 15 is 0 Å². The topological polar surface area (TPSA) is 177 Å². The van der Waals surface area contributed by atoms with Gasteiger partial charge in [0.05, 0.1) is 6.54 Å². The first-order valence-corrected chi connectivity index (χ1v) is 7.45. The van der Waals surface area contributed by atoms with Gasteiger partial charge in [0.15, 0.2) is 5.96 Å². The molecule has 2 amide bonds. The summed E-state index contributed by atoms with van der Waals surface area (Å²) in [6.07, 6.45) is 1.79. The number of aliphatic carboxylic acids is 1. The van der Waals surface area contributed by atoms with E-state index in [2.05, 4.69) is 10.3 Å². The van der Waals surface area contributed by atoms with Crippen molar-refractivity contribution in [1.82, 2.24) is 10.2 Å². The minimum absolute atomic E-state index is 0.0515. The minimum atomic E-state index is -1.04. The molecule has 1 fully saturated rings. The smallest absolute Gasteiger partial charge is 0.326 e. The molecule has 10 nitrogen and oxygen atoms in total. The Balaban J connectivity index is 2.73. The molecule has 0 bridgehead atoms. The fourth-order valence-corrected chi connectivity index (χ4v) is 2.50. The number of carboxylic acids is 1. The zero-order chi connectivity index (χ0) is 17.4. The van der Waals surface area contributed by atoms with Crippen LogP contribution in [0.15, 0.2) is 4.99 Å². The normalized spacial score (nSPS) is 18.3. The van der Waals surface area contributed by atoms with Gasteiger partial charge in [-0.15, -0.1) is 0 Å². The number of nitrogens with zero attached hydrogens (tertiary/aromatic N) is 2. The number of aliphatic imine (C=N–C) groups is 1. The van der Waals surface area contributed by atoms with E-state index in [0.717, 1.165) is 0 Å². The summed E-state index contributed by atoms with van der Waals surface area (Å²) < 4.78 is 0. The maximum absolute atomic E-state index is 12.6. The monoisotopic (exact) mass is 328 g/mol. The summed E-state index contributed by atoms with van der Waals surface area (Å²) in [5.41, 5.74) is 15.7. The quantitative estimate of drug-likeness (QED) is 0.186. The van der Waals surface area contributed by atoms with Gasteiger partial charge in [-0.1, -0.05) is 0 Å². The Morgan fingerprint density at radius 2 is 2.04 bits per heavy atom. The van der Waals surface area contributed by atoms with E-state index in [1.807, 2.05) is 0 Å². The molecule has 8 N–H and O–H groups in total. The van der Waals surface area contributed by atoms with Gasteiger partial charge in [-0.25, -0.2) is 4.79 Å². The van der Waals surface area contributed by atoms with Gasteiger partial charge in [-0.05, 0) is 25.7 Å². The fourth-order valence-electron chi connectivity index (χ4n) is 2.50. The molecule has 0 aromatic carbocycles. The number of guanidine groups is 1. The number of nitrogens with two attached hydrogens (primary N) is 3. The molecule has 1 heterocycles. The molecule has 1 rings (SSSR count). The van der Waals surface area contributed by atoms with Crippen LogP contribution in [0.2, 0.25) is 0 Å². The highest BCUT2D eigenvalue weighted by Crippen LogP contribution is 2.19. The maximum atomic E-state index is 12.6. The standard InChI is InChI=1S/C13H24N6O4/c14-7-10(20)18-8(3-1-5-17-13(15)16)11(21)19-6-2-4-9(19)12(22)23/h8-9H,1-7,14H2,(H,18,20)(H,22,23)(H4,15,16,17)/t8-,9-/m0/s1. The Bertz CT molecular complexity index is 477. The lowest BCUT2D eigenvalue weighted by molar-refractivity contribution is -0.149. The first-order chi connectivity index (χ1) is 10.9. The molecule has 0 radical (unpaired) electrons. The van der Waals surface area contributed by atoms with Crippen molar-refractivity contribution in [2.75, 3.05) is 19.6 Å². The lowest BCUT2D eigenvalue weighted by Crippen LogP contribution is -2.52. The molecule has 0 aromatic rings. The lowest BCUT2D eigenvalue weighted by atomic mass is 10.1. The van der Waals surface area contributed by atoms with Crippen LogP contribution in [0.4, 0.5) is 0 Å². The molecule has 23 heavy (non-hydrogen) atoms. The van der Waals surface area contributed by atoms with Crippen LogP contribution in [0.3, 0.4) is 0 Å². The molecular formula is C13H24N6O4. The van der Waals surface area contributed by atoms with Gasteiger partial charge in [-0.2, -0.15) is 0 Å². The van der Waals surface area contributed by atoms with E-state index in [4.69, 9.17) is 17.2 Å². The van der Waals surface area contributed by atoms with Gasteiger partial charge in [-0.3, -0.25) is 14.6 Å². The maximum Gasteiger partial charge on any atom is 0.326 e. The average molecular weight is 328 g/mol. The van der Waals surface area contributed by atoms with E-state index in [9.17, 15) is 19.5 Å². The highest BCUT2D eigenvalue weighted by atomic mass is 16.4. The van der Waals surface area contributed by atoms with Crippen LogP contribution >= 0.6 is 0 Å². The van der Waals surface area contributed by atoms with E-state index < -0.39 is 29.9 Å². The summed E-state index contributed by atoms with van der Waals surface area (Å²) in [5, 5.41) is 11.7. The first kappa shape index (κ1) is 18.7. The Labute approximate surface area is 134 Å². The predicted octanol–water partition coefficient (Wildman–Crippen LogP) is -2.44. The molecule has 0 aliphatic carbocycles. The molecule has 0 aromatic heterocycles. The number of hydrogen-bond acceptors (Lipinski definition) is 5. The highest BCUT2D eigenvalue weighted by Gasteiger charge is 2.37. The second-order valence-electron chi connectivity index (χ2n) is 5.30. The van der Waals surface area contributed by atoms with Crippen molar-refractivity contribution in [3.8, 4) is 0 Å². The molecule has 2 atom stereocenters. The van der Waals surface area contributed by atoms with Crippen LogP contribution in [0.25, 0.3) is 0 Å². The third-order valence-corrected chi connectivity index (χ3v) is 3.58. The summed E-state index contributed by atoms with van der Waals surface area (Å²) in [5.74, 6) is -1.98. The van der Waals surface area contributed by atoms with Crippen LogP contribution in [0.1, 0.15) is 25.7 Å². The van der Waals surface area contributed by atoms with Gasteiger partial charge in [0, 0.05) is 13.1 Å². The molecule has 0 unspecified atom stereocenters. The molecule has 0 spiro atoms. The number of nitrogens with one attached hydrogen (secondary N) is 1. The summed E-state index contributed by atoms with van der Waals surface area (Å²) >= 11 is 0. The van der Waals surface area contributed by atoms with Gasteiger partial charge >= 0.3 is 5.97 Å². The van der Waals surface area contributed by atoms with Crippen molar-refractivity contribution in [2.24, 2.45) is 22.2 Å². The highest BCUT2D eigenvalue weighted by molar-refractivity contribution is 5.91. The Hall–Kier alpha value is -2.36. The number of hydrogen-bond donors (Lipinski definition) is 5. The molecule has 1 aliphatic rings. The number of rotatable bonds is 8. The Morgan fingerprint density at radius 3 is 2.61 bits per heavy atom. The molecule has 130 valence electrons. The van der Waals surface area contributed by atoms with Crippen molar-refractivity contribution >= 4 is 23.7 Å². The van der Waals surface area contributed by atoms with E-state index in [0.29, 0.717) is 38.8 Å². The van der Waals surface area contributed by atoms with Crippen LogP contribution in [-0.4, -0.2) is 65.5 Å². The van der Waals surface area contributed by atoms with Crippen molar-refractivity contribution in [1.29, 1.82) is 0 Å². The van der Waals surface area contributed by atoms with Crippen LogP contribution in [-0.2, 0) is 14.4 Å². The Kier molecular flexibility index (Phi) is 7.26. The molecule has 1 saturated heterocycles. The van der Waals surface area contributed by atoms with Crippen molar-refractivity contribution in [2.45, 2.75) is 37.8 Å². The second kappa shape index (κ2) is 8.93. The van der Waals surface area contributed by atoms with Gasteiger partial charge < -0.3 is 32.5 Å². The van der Waals surface area contributed by atoms with E-state index in [1.165, 1.54) is 4.90 Å². The zero-order valence-corrected chi connectivity index (χ0v) is 12.9. The van der Waals surface area contributed by atoms with Crippen molar-refractivity contribution < 1.29 is 19.5 Å². The van der Waals surface area contributed by atoms with E-state index in [-0.39, 0.29) is 12.5 Å². The van der Waals surface area contributed by atoms with Crippen LogP contribution in [0, 0.1) is 0 Å². The predicted molar refractivity (Wildman–Crippen MR) is 83.3 cm³/mol. The Morgan fingerprint density at radius 1 is 1.35 bits per heavy atom. The van der Waals surface area contributed by atoms with Crippen LogP contribution in [0.5, 0.6) is 0 Å². The van der Waals surface area contributed by atoms with Gasteiger partial charge in [0.1, 0.15) is 12.1 Å². The van der Waals surface area contributed by atoms with Crippen molar-refractivity contribution in [3.05, 3.63) is 0 Å². The number of carbonyl (C=O) groups is 3. The molecule has 10 heteroatoms. The number of carbonyl (C=O) groups excluding carboxylic acids is 2. The van der Waals surface area contributed by atoms with Gasteiger partial charge in [0.25, 0.3) is 0 Å². The van der Waals surface area contributed by atoms with Gasteiger partial charge in [0.2, 0.25) is 11.8 Å². The van der Waals surface area contributed by atoms with Crippen LogP contribution < -0.4 is 22.5 Å². The third-order valence-electron chi connectivity index (χ3n) is 3.58. The summed E-state index contributed by atoms with van der Waals surface area (Å²) in [6.45, 7) is 0.422. The SMILES string of the molecule is NCC(=O)N[C@@H](CCCN=C(N)N)C(=O)N1CCC[C@H]1C(=O)O. The zero-order valence-electron chi connectivity index (χ0n) is 12.9. The van der Waals surface area contributed by atoms with E-state index in [1.54, 1.807) is 0 Å². The number of amides is 2. The lowest BCUT2D eigenvalue weighted by Gasteiger charge is -2.27. The average Bonchev–Trinajstić information content (AvgIpc) is 2.98. The second-order valence-corrected chi connectivity index (χ2v) is 5.30. The summed E-state index contributed by atoms with van der Waals surface area (Å²) in [4.78, 5) is 40.4. The minimum Gasteiger partial charge on any atom is -0.480 e. The fraction of sp³-hybridized carbons (Fsp3) is 0.692. The number of likely N-dealkylation sites (tertiary alicyclic amines) is 1. The largest absolute Gasteiger partial charge is 0.480 e. The molecule has 1 aliphatic heterocycles. The molecule has 0 saturated carbocycles. The van der Waals surface area contributed by atoms with Crippen molar-refractivity contribution in [3.63, 3.8) is 0 Å². The summed E-state index contributed by atoms with van der Waals surface area (Å²) in [6, 6.07) is -1.68. The summed E-state index contributed by atoms with van der Waals surface area (Å²) in [7, 11) is 0. The third kappa shape index (κ3) is 5.74. The first-order valence-electron chi connectivity index (χ1n) is 7.45.